The number of likely N-dealkylation sites (tertiary alicyclic amines) is 1. The number of aliphatic hydroxyl groups is 1. The highest BCUT2D eigenvalue weighted by Crippen LogP contribution is 2.38. The number of piperazine rings is 1. The number of aromatic nitrogens is 4. The van der Waals surface area contributed by atoms with Gasteiger partial charge in [-0.25, -0.2) is 14.4 Å². The first-order valence-corrected chi connectivity index (χ1v) is 25.7. The minimum absolute atomic E-state index is 0.0253. The monoisotopic (exact) mass is 985 g/mol. The summed E-state index contributed by atoms with van der Waals surface area (Å²) in [5.41, 5.74) is 12.2. The fraction of sp³-hybridized carbons (Fsp3) is 0.455. The van der Waals surface area contributed by atoms with Gasteiger partial charge in [-0.15, -0.1) is 11.3 Å². The van der Waals surface area contributed by atoms with Crippen LogP contribution < -0.4 is 16.0 Å². The van der Waals surface area contributed by atoms with E-state index in [-0.39, 0.29) is 49.0 Å². The Morgan fingerprint density at radius 2 is 1.61 bits per heavy atom. The number of fused-ring (bicyclic) bond motifs is 1. The van der Waals surface area contributed by atoms with E-state index in [0.717, 1.165) is 113 Å². The van der Waals surface area contributed by atoms with Crippen LogP contribution in [0.15, 0.2) is 78.7 Å². The number of nitrogens with one attached hydrogen (secondary N) is 3. The molecule has 0 unspecified atom stereocenters. The number of carbonyl (C=O) groups is 3. The van der Waals surface area contributed by atoms with Crippen molar-refractivity contribution in [3.63, 3.8) is 0 Å². The Morgan fingerprint density at radius 1 is 0.901 bits per heavy atom. The van der Waals surface area contributed by atoms with E-state index in [4.69, 9.17) is 4.98 Å². The number of pyridine rings is 1. The van der Waals surface area contributed by atoms with Crippen LogP contribution in [-0.2, 0) is 28.0 Å². The van der Waals surface area contributed by atoms with Crippen LogP contribution in [-0.4, -0.2) is 128 Å². The van der Waals surface area contributed by atoms with Gasteiger partial charge in [-0.3, -0.25) is 19.4 Å². The second-order valence-corrected chi connectivity index (χ2v) is 21.4. The molecule has 14 nitrogen and oxygen atoms in total. The largest absolute Gasteiger partial charge is 0.391 e. The van der Waals surface area contributed by atoms with E-state index in [2.05, 4.69) is 61.7 Å². The molecule has 0 radical (unpaired) electrons. The molecule has 8 rings (SSSR count). The number of rotatable bonds is 17. The molecule has 0 bridgehead atoms. The van der Waals surface area contributed by atoms with Gasteiger partial charge in [-0.05, 0) is 98.6 Å². The second kappa shape index (κ2) is 22.2. The Bertz CT molecular complexity index is 2830. The Labute approximate surface area is 421 Å². The van der Waals surface area contributed by atoms with Crippen molar-refractivity contribution >= 4 is 40.0 Å². The Kier molecular flexibility index (Phi) is 16.1. The molecule has 71 heavy (non-hydrogen) atoms. The average Bonchev–Trinajstić information content (AvgIpc) is 4.06. The predicted octanol–water partition coefficient (Wildman–Crippen LogP) is 7.35. The Balaban J connectivity index is 0.764. The third-order valence-electron chi connectivity index (χ3n) is 14.1. The number of hydrogen-bond acceptors (Lipinski definition) is 11. The van der Waals surface area contributed by atoms with Crippen molar-refractivity contribution in [1.29, 1.82) is 0 Å². The molecule has 0 aliphatic carbocycles. The van der Waals surface area contributed by atoms with Crippen LogP contribution in [0.4, 0.5) is 4.39 Å². The van der Waals surface area contributed by atoms with Gasteiger partial charge in [0.2, 0.25) is 17.7 Å². The maximum Gasteiger partial charge on any atom is 0.246 e. The van der Waals surface area contributed by atoms with Crippen LogP contribution in [0.5, 0.6) is 0 Å². The van der Waals surface area contributed by atoms with Gasteiger partial charge in [0.15, 0.2) is 0 Å². The van der Waals surface area contributed by atoms with Gasteiger partial charge in [0.05, 0.1) is 51.5 Å². The number of imidazole rings is 1. The fourth-order valence-corrected chi connectivity index (χ4v) is 11.0. The molecule has 4 atom stereocenters. The minimum Gasteiger partial charge on any atom is -0.391 e. The molecule has 2 saturated heterocycles. The standard InChI is InChI=1S/C55H69FN10O4S/c1-34-26-38(27-35(2)48(34)49-50(63(8)32-59-49)44-16-19-58-45-28-41(56)14-15-43(44)45)30-57-18-9-20-64-22-24-65(25-23-64)21-17-47(68)62-52(55(5,6)7)54(70)66-31-42(67)29-46(66)53(69)61-36(3)39-10-12-40(13-11-39)51-37(4)60-33-71-51/h10-16,19,26-28,32-33,36,42,46,52,57,67H,9,17-18,20-25,29-31H2,1-8H3,(H,61,69)(H,62,68)/t36-,42+,46-,52+/m0/s1. The smallest absolute Gasteiger partial charge is 0.246 e. The molecule has 5 heterocycles. The molecule has 2 aliphatic rings. The topological polar surface area (TPSA) is 161 Å². The summed E-state index contributed by atoms with van der Waals surface area (Å²) in [6.07, 6.45) is 4.10. The van der Waals surface area contributed by atoms with Crippen LogP contribution in [0, 0.1) is 32.0 Å². The molecule has 6 aromatic rings. The highest BCUT2D eigenvalue weighted by atomic mass is 32.1. The molecule has 2 fully saturated rings. The number of thiazole rings is 1. The van der Waals surface area contributed by atoms with Crippen LogP contribution in [0.3, 0.4) is 0 Å². The summed E-state index contributed by atoms with van der Waals surface area (Å²) in [4.78, 5) is 62.4. The number of aryl methyl sites for hydroxylation is 4. The zero-order valence-electron chi connectivity index (χ0n) is 42.4. The van der Waals surface area contributed by atoms with E-state index in [9.17, 15) is 23.9 Å². The summed E-state index contributed by atoms with van der Waals surface area (Å²) in [6.45, 7) is 20.7. The highest BCUT2D eigenvalue weighted by Gasteiger charge is 2.44. The number of carbonyl (C=O) groups excluding carboxylic acids is 3. The van der Waals surface area contributed by atoms with Gasteiger partial charge in [-0.2, -0.15) is 0 Å². The lowest BCUT2D eigenvalue weighted by molar-refractivity contribution is -0.144. The van der Waals surface area contributed by atoms with E-state index in [1.54, 1.807) is 23.6 Å². The van der Waals surface area contributed by atoms with E-state index in [0.29, 0.717) is 12.1 Å². The van der Waals surface area contributed by atoms with Gasteiger partial charge in [0, 0.05) is 94.5 Å². The zero-order valence-corrected chi connectivity index (χ0v) is 43.2. The van der Waals surface area contributed by atoms with Crippen molar-refractivity contribution in [2.75, 3.05) is 52.4 Å². The van der Waals surface area contributed by atoms with Crippen LogP contribution in [0.1, 0.15) is 80.9 Å². The summed E-state index contributed by atoms with van der Waals surface area (Å²) in [7, 11) is 1.99. The zero-order chi connectivity index (χ0) is 50.6. The highest BCUT2D eigenvalue weighted by molar-refractivity contribution is 7.13. The van der Waals surface area contributed by atoms with Crippen LogP contribution in [0.25, 0.3) is 43.9 Å². The van der Waals surface area contributed by atoms with Gasteiger partial charge in [-0.1, -0.05) is 57.2 Å². The lowest BCUT2D eigenvalue weighted by Crippen LogP contribution is -2.58. The molecular weight excluding hydrogens is 916 g/mol. The van der Waals surface area contributed by atoms with E-state index < -0.39 is 23.6 Å². The van der Waals surface area contributed by atoms with Crippen molar-refractivity contribution in [2.24, 2.45) is 12.5 Å². The Hall–Kier alpha value is -5.91. The molecule has 3 amide bonds. The quantitative estimate of drug-likeness (QED) is 0.0681. The number of halogens is 1. The summed E-state index contributed by atoms with van der Waals surface area (Å²) in [5, 5.41) is 21.3. The lowest BCUT2D eigenvalue weighted by Gasteiger charge is -2.36. The molecule has 3 aromatic heterocycles. The number of nitrogens with zero attached hydrogens (tertiary/aromatic N) is 7. The predicted molar refractivity (Wildman–Crippen MR) is 279 cm³/mol. The SMILES string of the molecule is Cc1cc(CNCCCN2CCN(CCC(=O)N[C@H](C(=O)N3C[C@H](O)C[C@H]3C(=O)N[C@@H](C)c3ccc(-c4scnc4C)cc3)C(C)(C)C)CC2)cc(C)c1-c1ncn(C)c1-c1ccnc2cc(F)ccc12. The number of amides is 3. The molecule has 0 saturated carbocycles. The second-order valence-electron chi connectivity index (χ2n) is 20.5. The van der Waals surface area contributed by atoms with Crippen molar-refractivity contribution in [3.05, 3.63) is 112 Å². The maximum absolute atomic E-state index is 14.2. The molecule has 0 spiro atoms. The molecule has 4 N–H and O–H groups in total. The summed E-state index contributed by atoms with van der Waals surface area (Å²) < 4.78 is 16.1. The van der Waals surface area contributed by atoms with Gasteiger partial charge >= 0.3 is 0 Å². The normalized spacial score (nSPS) is 17.7. The number of hydrogen-bond donors (Lipinski definition) is 4. The van der Waals surface area contributed by atoms with Crippen molar-refractivity contribution < 1.29 is 23.9 Å². The summed E-state index contributed by atoms with van der Waals surface area (Å²) in [5.74, 6) is -1.22. The van der Waals surface area contributed by atoms with Gasteiger partial charge < -0.3 is 40.3 Å². The van der Waals surface area contributed by atoms with Crippen molar-refractivity contribution in [3.8, 4) is 33.0 Å². The molecule has 3 aromatic carbocycles. The van der Waals surface area contributed by atoms with E-state index in [1.165, 1.54) is 22.6 Å². The van der Waals surface area contributed by atoms with Crippen LogP contribution >= 0.6 is 11.3 Å². The van der Waals surface area contributed by atoms with Gasteiger partial charge in [0.25, 0.3) is 0 Å². The first-order chi connectivity index (χ1) is 33.9. The third-order valence-corrected chi connectivity index (χ3v) is 15.0. The summed E-state index contributed by atoms with van der Waals surface area (Å²) >= 11 is 1.59. The van der Waals surface area contributed by atoms with E-state index in [1.807, 2.05) is 88.4 Å². The first kappa shape index (κ1) is 51.4. The Morgan fingerprint density at radius 3 is 2.28 bits per heavy atom. The van der Waals surface area contributed by atoms with Crippen molar-refractivity contribution in [2.45, 2.75) is 98.5 Å². The summed E-state index contributed by atoms with van der Waals surface area (Å²) in [6, 6.07) is 17.1. The van der Waals surface area contributed by atoms with Crippen molar-refractivity contribution in [1.82, 2.24) is 50.2 Å². The van der Waals surface area contributed by atoms with Crippen LogP contribution in [0.2, 0.25) is 0 Å². The van der Waals surface area contributed by atoms with E-state index >= 15 is 0 Å². The minimum atomic E-state index is -0.872. The third kappa shape index (κ3) is 12.1. The molecule has 376 valence electrons. The average molecular weight is 985 g/mol. The maximum atomic E-state index is 14.2. The molecular formula is C55H69FN10O4S. The molecule has 16 heteroatoms. The lowest BCUT2D eigenvalue weighted by atomic mass is 9.85. The fourth-order valence-electron chi connectivity index (χ4n) is 10.2. The number of aliphatic hydroxyl groups excluding tert-OH is 1. The number of β-amino-alcohol motifs (C(OH)–C–C–N with tert-alkyl or cyclic N) is 1. The number of benzene rings is 3. The van der Waals surface area contributed by atoms with Gasteiger partial charge in [0.1, 0.15) is 17.9 Å². The first-order valence-electron chi connectivity index (χ1n) is 24.9. The molecule has 2 aliphatic heterocycles.